The predicted octanol–water partition coefficient (Wildman–Crippen LogP) is 2.55. The van der Waals surface area contributed by atoms with Gasteiger partial charge in [-0.2, -0.15) is 0 Å². The Bertz CT molecular complexity index is 623. The second-order valence-electron chi connectivity index (χ2n) is 5.83. The van der Waals surface area contributed by atoms with E-state index < -0.39 is 0 Å². The highest BCUT2D eigenvalue weighted by atomic mass is 32.1. The van der Waals surface area contributed by atoms with Crippen molar-refractivity contribution in [3.8, 4) is 0 Å². The summed E-state index contributed by atoms with van der Waals surface area (Å²) in [5, 5.41) is 0. The summed E-state index contributed by atoms with van der Waals surface area (Å²) < 4.78 is 1.18. The molecule has 2 fully saturated rings. The average Bonchev–Trinajstić information content (AvgIpc) is 3.05. The second-order valence-corrected chi connectivity index (χ2v) is 6.72. The summed E-state index contributed by atoms with van der Waals surface area (Å²) in [4.78, 5) is 9.55. The number of nitrogens with two attached hydrogens (primary N) is 1. The van der Waals surface area contributed by atoms with Gasteiger partial charge in [0, 0.05) is 25.7 Å². The van der Waals surface area contributed by atoms with Gasteiger partial charge in [-0.15, -0.1) is 11.3 Å². The smallest absolute Gasteiger partial charge is 0.106 e. The minimum absolute atomic E-state index is 0.711. The van der Waals surface area contributed by atoms with Crippen LogP contribution in [0.25, 0.3) is 10.2 Å². The minimum atomic E-state index is 0.711. The van der Waals surface area contributed by atoms with Crippen molar-refractivity contribution in [1.82, 2.24) is 9.88 Å². The Balaban J connectivity index is 1.69. The van der Waals surface area contributed by atoms with Gasteiger partial charge in [0.15, 0.2) is 0 Å². The first-order valence-electron chi connectivity index (χ1n) is 7.43. The van der Waals surface area contributed by atoms with Crippen LogP contribution in [0.1, 0.15) is 19.3 Å². The third-order valence-electron chi connectivity index (χ3n) is 4.66. The van der Waals surface area contributed by atoms with Gasteiger partial charge in [0.05, 0.1) is 21.6 Å². The van der Waals surface area contributed by atoms with Crippen LogP contribution in [0, 0.1) is 0 Å². The molecular formula is C15H20N4S. The number of nitrogens with zero attached hydrogens (tertiary/aromatic N) is 3. The first-order chi connectivity index (χ1) is 9.83. The first kappa shape index (κ1) is 12.4. The van der Waals surface area contributed by atoms with E-state index in [1.54, 1.807) is 11.3 Å². The molecule has 1 atom stereocenters. The number of hydrogen-bond acceptors (Lipinski definition) is 5. The number of nitrogen functional groups attached to an aromatic ring is 1. The van der Waals surface area contributed by atoms with Crippen LogP contribution in [0.3, 0.4) is 0 Å². The Morgan fingerprint density at radius 1 is 1.20 bits per heavy atom. The maximum atomic E-state index is 6.37. The van der Waals surface area contributed by atoms with Crippen LogP contribution in [-0.2, 0) is 0 Å². The van der Waals surface area contributed by atoms with Crippen molar-refractivity contribution in [2.75, 3.05) is 36.8 Å². The zero-order chi connectivity index (χ0) is 13.5. The van der Waals surface area contributed by atoms with E-state index in [0.29, 0.717) is 6.04 Å². The molecule has 4 rings (SSSR count). The van der Waals surface area contributed by atoms with Gasteiger partial charge >= 0.3 is 0 Å². The fourth-order valence-electron chi connectivity index (χ4n) is 3.64. The van der Waals surface area contributed by atoms with Crippen molar-refractivity contribution >= 4 is 32.9 Å². The molecule has 2 N–H and O–H groups in total. The Kier molecular flexibility index (Phi) is 3.04. The van der Waals surface area contributed by atoms with Crippen molar-refractivity contribution in [2.45, 2.75) is 25.3 Å². The lowest BCUT2D eigenvalue weighted by molar-refractivity contribution is 0.273. The van der Waals surface area contributed by atoms with Gasteiger partial charge in [0.1, 0.15) is 5.52 Å². The van der Waals surface area contributed by atoms with Crippen LogP contribution in [0.5, 0.6) is 0 Å². The Labute approximate surface area is 123 Å². The molecule has 0 amide bonds. The highest BCUT2D eigenvalue weighted by Gasteiger charge is 2.29. The third-order valence-corrected chi connectivity index (χ3v) is 5.46. The molecule has 0 radical (unpaired) electrons. The van der Waals surface area contributed by atoms with E-state index in [1.165, 1.54) is 42.7 Å². The fourth-order valence-corrected chi connectivity index (χ4v) is 4.34. The zero-order valence-electron chi connectivity index (χ0n) is 11.6. The number of anilines is 2. The lowest BCUT2D eigenvalue weighted by atomic mass is 10.1. The second kappa shape index (κ2) is 4.90. The van der Waals surface area contributed by atoms with Gasteiger partial charge in [-0.3, -0.25) is 4.90 Å². The van der Waals surface area contributed by atoms with Crippen molar-refractivity contribution < 1.29 is 0 Å². The van der Waals surface area contributed by atoms with Gasteiger partial charge < -0.3 is 10.6 Å². The highest BCUT2D eigenvalue weighted by Crippen LogP contribution is 2.34. The number of rotatable bonds is 1. The van der Waals surface area contributed by atoms with Crippen molar-refractivity contribution in [2.24, 2.45) is 0 Å². The number of benzene rings is 1. The normalized spacial score (nSPS) is 24.0. The Morgan fingerprint density at radius 2 is 2.10 bits per heavy atom. The summed E-state index contributed by atoms with van der Waals surface area (Å²) in [6.07, 6.45) is 3.90. The molecule has 0 bridgehead atoms. The molecule has 106 valence electrons. The third kappa shape index (κ3) is 1.96. The summed E-state index contributed by atoms with van der Waals surface area (Å²) in [6, 6.07) is 5.05. The molecule has 1 aromatic carbocycles. The van der Waals surface area contributed by atoms with Crippen LogP contribution in [-0.4, -0.2) is 42.1 Å². The number of thiazole rings is 1. The molecule has 1 aromatic heterocycles. The van der Waals surface area contributed by atoms with Crippen molar-refractivity contribution in [1.29, 1.82) is 0 Å². The van der Waals surface area contributed by atoms with Gasteiger partial charge in [-0.05, 0) is 37.9 Å². The molecule has 0 spiro atoms. The summed E-state index contributed by atoms with van der Waals surface area (Å²) in [7, 11) is 0. The standard InChI is InChI=1S/C15H20N4S/c16-14-12(4-5-13-15(14)17-10-20-13)19-8-2-7-18-6-1-3-11(18)9-19/h4-5,10-11H,1-3,6-9,16H2. The van der Waals surface area contributed by atoms with Crippen molar-refractivity contribution in [3.63, 3.8) is 0 Å². The topological polar surface area (TPSA) is 45.4 Å². The number of hydrogen-bond donors (Lipinski definition) is 1. The van der Waals surface area contributed by atoms with Gasteiger partial charge in [0.2, 0.25) is 0 Å². The molecule has 2 aliphatic rings. The average molecular weight is 288 g/mol. The molecule has 5 heteroatoms. The van der Waals surface area contributed by atoms with E-state index in [1.807, 2.05) is 5.51 Å². The molecule has 4 nitrogen and oxygen atoms in total. The Morgan fingerprint density at radius 3 is 3.05 bits per heavy atom. The summed E-state index contributed by atoms with van der Waals surface area (Å²) in [6.45, 7) is 4.73. The van der Waals surface area contributed by atoms with Crippen molar-refractivity contribution in [3.05, 3.63) is 17.6 Å². The molecule has 0 saturated carbocycles. The quantitative estimate of drug-likeness (QED) is 0.819. The van der Waals surface area contributed by atoms with Gasteiger partial charge in [0.25, 0.3) is 0 Å². The van der Waals surface area contributed by atoms with E-state index in [4.69, 9.17) is 5.73 Å². The summed E-state index contributed by atoms with van der Waals surface area (Å²) in [5.41, 5.74) is 11.3. The first-order valence-corrected chi connectivity index (χ1v) is 8.31. The van der Waals surface area contributed by atoms with E-state index in [2.05, 4.69) is 26.9 Å². The zero-order valence-corrected chi connectivity index (χ0v) is 12.4. The highest BCUT2D eigenvalue weighted by molar-refractivity contribution is 7.16. The van der Waals surface area contributed by atoms with Crippen LogP contribution in [0.2, 0.25) is 0 Å². The molecule has 3 heterocycles. The largest absolute Gasteiger partial charge is 0.395 e. The minimum Gasteiger partial charge on any atom is -0.395 e. The molecule has 1 unspecified atom stereocenters. The van der Waals surface area contributed by atoms with Crippen LogP contribution < -0.4 is 10.6 Å². The van der Waals surface area contributed by atoms with Gasteiger partial charge in [-0.1, -0.05) is 0 Å². The molecule has 0 aliphatic carbocycles. The van der Waals surface area contributed by atoms with Crippen LogP contribution in [0.15, 0.2) is 17.6 Å². The maximum absolute atomic E-state index is 6.37. The molecule has 2 aromatic rings. The number of fused-ring (bicyclic) bond motifs is 2. The molecule has 2 saturated heterocycles. The lowest BCUT2D eigenvalue weighted by Crippen LogP contribution is -2.36. The maximum Gasteiger partial charge on any atom is 0.106 e. The van der Waals surface area contributed by atoms with E-state index in [-0.39, 0.29) is 0 Å². The van der Waals surface area contributed by atoms with E-state index in [0.717, 1.165) is 24.3 Å². The van der Waals surface area contributed by atoms with Gasteiger partial charge in [-0.25, -0.2) is 4.98 Å². The predicted molar refractivity (Wildman–Crippen MR) is 85.5 cm³/mol. The molecule has 2 aliphatic heterocycles. The Hall–Kier alpha value is -1.33. The fraction of sp³-hybridized carbons (Fsp3) is 0.533. The van der Waals surface area contributed by atoms with Crippen LogP contribution in [0.4, 0.5) is 11.4 Å². The van der Waals surface area contributed by atoms with E-state index in [9.17, 15) is 0 Å². The van der Waals surface area contributed by atoms with Crippen LogP contribution >= 0.6 is 11.3 Å². The number of aromatic nitrogens is 1. The van der Waals surface area contributed by atoms with E-state index >= 15 is 0 Å². The SMILES string of the molecule is Nc1c(N2CCCN3CCCC3C2)ccc2scnc12. The molecular weight excluding hydrogens is 268 g/mol. The monoisotopic (exact) mass is 288 g/mol. The summed E-state index contributed by atoms with van der Waals surface area (Å²) >= 11 is 1.66. The summed E-state index contributed by atoms with van der Waals surface area (Å²) in [5.74, 6) is 0. The lowest BCUT2D eigenvalue weighted by Gasteiger charge is -2.28. The molecule has 20 heavy (non-hydrogen) atoms.